The third-order valence-corrected chi connectivity index (χ3v) is 7.84. The van der Waals surface area contributed by atoms with Gasteiger partial charge in [0.05, 0.1) is 11.2 Å². The number of methoxy groups -OCH3 is 1. The predicted molar refractivity (Wildman–Crippen MR) is 78.2 cm³/mol. The fourth-order valence-electron chi connectivity index (χ4n) is 6.52. The largest absolute Gasteiger partial charge is 0.388 e. The van der Waals surface area contributed by atoms with Crippen molar-refractivity contribution in [2.24, 2.45) is 28.6 Å². The second-order valence-corrected chi connectivity index (χ2v) is 8.39. The Balaban J connectivity index is 2.11. The molecule has 0 unspecified atom stereocenters. The highest BCUT2D eigenvalue weighted by molar-refractivity contribution is 5.28. The van der Waals surface area contributed by atoms with E-state index in [2.05, 4.69) is 34.6 Å². The van der Waals surface area contributed by atoms with Gasteiger partial charge in [-0.2, -0.15) is 0 Å². The normalized spacial score (nSPS) is 56.2. The van der Waals surface area contributed by atoms with E-state index in [-0.39, 0.29) is 22.3 Å². The summed E-state index contributed by atoms with van der Waals surface area (Å²) in [5.41, 5.74) is -1.00. The van der Waals surface area contributed by atoms with E-state index in [0.29, 0.717) is 18.6 Å². The van der Waals surface area contributed by atoms with Crippen molar-refractivity contribution in [3.05, 3.63) is 0 Å². The summed E-state index contributed by atoms with van der Waals surface area (Å²) in [6, 6.07) is 0. The van der Waals surface area contributed by atoms with Crippen molar-refractivity contribution in [1.29, 1.82) is 0 Å². The standard InChI is InChI=1S/C17H30O3/c1-11-16(5,20-10-19-6)13-9-12-7-8-15(13,4)17(11,18)14(12,2)3/h11-13,18H,7-10H2,1-6H3/t11-,12+,13+,15-,16+,17+/m0/s1. The minimum Gasteiger partial charge on any atom is -0.388 e. The number of hydrogen-bond acceptors (Lipinski definition) is 3. The Labute approximate surface area is 123 Å². The summed E-state index contributed by atoms with van der Waals surface area (Å²) in [4.78, 5) is 0. The van der Waals surface area contributed by atoms with Crippen LogP contribution < -0.4 is 0 Å². The molecule has 4 aliphatic rings. The van der Waals surface area contributed by atoms with Gasteiger partial charge >= 0.3 is 0 Å². The molecule has 0 heterocycles. The molecule has 0 aromatic rings. The first-order valence-electron chi connectivity index (χ1n) is 8.01. The summed E-state index contributed by atoms with van der Waals surface area (Å²) in [6.45, 7) is 11.5. The van der Waals surface area contributed by atoms with E-state index in [4.69, 9.17) is 9.47 Å². The van der Waals surface area contributed by atoms with Crippen molar-refractivity contribution in [1.82, 2.24) is 0 Å². The summed E-state index contributed by atoms with van der Waals surface area (Å²) in [5, 5.41) is 11.8. The van der Waals surface area contributed by atoms with Crippen LogP contribution in [0.3, 0.4) is 0 Å². The summed E-state index contributed by atoms with van der Waals surface area (Å²) in [6.07, 6.45) is 3.55. The van der Waals surface area contributed by atoms with Crippen LogP contribution in [0, 0.1) is 28.6 Å². The van der Waals surface area contributed by atoms with E-state index >= 15 is 0 Å². The summed E-state index contributed by atoms with van der Waals surface area (Å²) in [7, 11) is 1.67. The Kier molecular flexibility index (Phi) is 2.96. The van der Waals surface area contributed by atoms with Crippen LogP contribution >= 0.6 is 0 Å². The summed E-state index contributed by atoms with van der Waals surface area (Å²) in [5.74, 6) is 1.16. The Morgan fingerprint density at radius 1 is 1.20 bits per heavy atom. The van der Waals surface area contributed by atoms with Crippen LogP contribution in [-0.2, 0) is 9.47 Å². The van der Waals surface area contributed by atoms with Crippen LogP contribution in [0.5, 0.6) is 0 Å². The maximum Gasteiger partial charge on any atom is 0.147 e. The first-order valence-corrected chi connectivity index (χ1v) is 8.01. The van der Waals surface area contributed by atoms with Crippen molar-refractivity contribution in [3.63, 3.8) is 0 Å². The van der Waals surface area contributed by atoms with Gasteiger partial charge in [-0.25, -0.2) is 0 Å². The molecule has 0 aliphatic heterocycles. The molecule has 0 amide bonds. The molecule has 4 rings (SSSR count). The van der Waals surface area contributed by atoms with E-state index in [0.717, 1.165) is 6.42 Å². The topological polar surface area (TPSA) is 38.7 Å². The van der Waals surface area contributed by atoms with Crippen molar-refractivity contribution in [2.75, 3.05) is 13.9 Å². The van der Waals surface area contributed by atoms with E-state index in [1.807, 2.05) is 0 Å². The fourth-order valence-corrected chi connectivity index (χ4v) is 6.52. The lowest BCUT2D eigenvalue weighted by Gasteiger charge is -2.64. The number of hydrogen-bond donors (Lipinski definition) is 1. The minimum atomic E-state index is -0.645. The maximum absolute atomic E-state index is 11.8. The quantitative estimate of drug-likeness (QED) is 0.808. The molecule has 1 N–H and O–H groups in total. The molecule has 0 saturated heterocycles. The molecule has 0 spiro atoms. The molecule has 4 bridgehead atoms. The zero-order chi connectivity index (χ0) is 15.0. The molecule has 116 valence electrons. The summed E-state index contributed by atoms with van der Waals surface area (Å²) >= 11 is 0. The van der Waals surface area contributed by atoms with Gasteiger partial charge in [0.15, 0.2) is 0 Å². The third-order valence-electron chi connectivity index (χ3n) is 7.84. The van der Waals surface area contributed by atoms with E-state index in [9.17, 15) is 5.11 Å². The van der Waals surface area contributed by atoms with Crippen LogP contribution in [0.4, 0.5) is 0 Å². The van der Waals surface area contributed by atoms with E-state index in [1.54, 1.807) is 7.11 Å². The van der Waals surface area contributed by atoms with Crippen molar-refractivity contribution < 1.29 is 14.6 Å². The Morgan fingerprint density at radius 3 is 2.40 bits per heavy atom. The van der Waals surface area contributed by atoms with Crippen molar-refractivity contribution in [3.8, 4) is 0 Å². The van der Waals surface area contributed by atoms with Gasteiger partial charge in [-0.15, -0.1) is 0 Å². The molecule has 4 fully saturated rings. The number of rotatable bonds is 3. The van der Waals surface area contributed by atoms with Gasteiger partial charge < -0.3 is 14.6 Å². The van der Waals surface area contributed by atoms with E-state index < -0.39 is 5.60 Å². The molecule has 4 saturated carbocycles. The predicted octanol–water partition coefficient (Wildman–Crippen LogP) is 3.21. The smallest absolute Gasteiger partial charge is 0.147 e. The Hall–Kier alpha value is -0.120. The van der Waals surface area contributed by atoms with Crippen LogP contribution in [0.15, 0.2) is 0 Å². The van der Waals surface area contributed by atoms with E-state index in [1.165, 1.54) is 12.8 Å². The molecule has 0 aromatic carbocycles. The van der Waals surface area contributed by atoms with Gasteiger partial charge in [0.1, 0.15) is 6.79 Å². The highest BCUT2D eigenvalue weighted by Gasteiger charge is 2.79. The third kappa shape index (κ3) is 1.29. The van der Waals surface area contributed by atoms with Crippen LogP contribution in [0.1, 0.15) is 53.9 Å². The van der Waals surface area contributed by atoms with Crippen LogP contribution in [0.25, 0.3) is 0 Å². The van der Waals surface area contributed by atoms with Crippen molar-refractivity contribution >= 4 is 0 Å². The van der Waals surface area contributed by atoms with Crippen LogP contribution in [0.2, 0.25) is 0 Å². The van der Waals surface area contributed by atoms with Crippen molar-refractivity contribution in [2.45, 2.75) is 65.1 Å². The first-order chi connectivity index (χ1) is 9.16. The first kappa shape index (κ1) is 14.8. The molecular formula is C17H30O3. The molecule has 6 atom stereocenters. The summed E-state index contributed by atoms with van der Waals surface area (Å²) < 4.78 is 11.3. The molecule has 3 heteroatoms. The monoisotopic (exact) mass is 282 g/mol. The molecular weight excluding hydrogens is 252 g/mol. The number of ether oxygens (including phenoxy) is 2. The van der Waals surface area contributed by atoms with Gasteiger partial charge in [0.2, 0.25) is 0 Å². The molecule has 20 heavy (non-hydrogen) atoms. The lowest BCUT2D eigenvalue weighted by Crippen LogP contribution is -2.66. The Bertz CT molecular complexity index is 420. The van der Waals surface area contributed by atoms with Gasteiger partial charge in [-0.3, -0.25) is 0 Å². The fraction of sp³-hybridized carbons (Fsp3) is 1.00. The SMILES string of the molecule is COCO[C@@]1(C)[C@@H]2C[C@H]3CC[C@]2(C)[C@@](O)([C@H]1C)C3(C)C. The average molecular weight is 282 g/mol. The highest BCUT2D eigenvalue weighted by atomic mass is 16.7. The maximum atomic E-state index is 11.8. The second kappa shape index (κ2) is 3.99. The zero-order valence-electron chi connectivity index (χ0n) is 13.8. The highest BCUT2D eigenvalue weighted by Crippen LogP contribution is 2.76. The average Bonchev–Trinajstić information content (AvgIpc) is 2.51. The number of fused-ring (bicyclic) bond motifs is 1. The van der Waals surface area contributed by atoms with Gasteiger partial charge in [-0.05, 0) is 43.4 Å². The second-order valence-electron chi connectivity index (χ2n) is 8.39. The molecule has 4 aliphatic carbocycles. The number of aliphatic hydroxyl groups is 1. The van der Waals surface area contributed by atoms with Gasteiger partial charge in [-0.1, -0.05) is 27.7 Å². The van der Waals surface area contributed by atoms with Crippen LogP contribution in [-0.4, -0.2) is 30.2 Å². The molecule has 3 nitrogen and oxygen atoms in total. The molecule has 0 aromatic heterocycles. The Morgan fingerprint density at radius 2 is 1.85 bits per heavy atom. The zero-order valence-corrected chi connectivity index (χ0v) is 13.8. The molecule has 0 radical (unpaired) electrons. The lowest BCUT2D eigenvalue weighted by molar-refractivity contribution is -0.245. The lowest BCUT2D eigenvalue weighted by atomic mass is 9.42. The van der Waals surface area contributed by atoms with Gasteiger partial charge in [0.25, 0.3) is 0 Å². The minimum absolute atomic E-state index is 0.0346. The van der Waals surface area contributed by atoms with Gasteiger partial charge in [0, 0.05) is 18.4 Å².